The van der Waals surface area contributed by atoms with Crippen LogP contribution in [0.2, 0.25) is 5.02 Å². The van der Waals surface area contributed by atoms with Crippen LogP contribution in [0.1, 0.15) is 32.3 Å². The van der Waals surface area contributed by atoms with E-state index in [2.05, 4.69) is 18.6 Å². The average Bonchev–Trinajstić information content (AvgIpc) is 3.18. The van der Waals surface area contributed by atoms with E-state index in [0.717, 1.165) is 12.8 Å². The summed E-state index contributed by atoms with van der Waals surface area (Å²) in [4.78, 5) is 0.224. The largest absolute Gasteiger partial charge is 0.326 e. The molecule has 0 heterocycles. The first-order chi connectivity index (χ1) is 9.31. The van der Waals surface area contributed by atoms with Crippen LogP contribution in [0.5, 0.6) is 0 Å². The van der Waals surface area contributed by atoms with E-state index in [1.165, 1.54) is 6.07 Å². The molecule has 0 radical (unpaired) electrons. The second kappa shape index (κ2) is 5.64. The number of nitrogens with two attached hydrogens (primary N) is 1. The van der Waals surface area contributed by atoms with Crippen LogP contribution in [0.4, 0.5) is 0 Å². The van der Waals surface area contributed by atoms with Gasteiger partial charge in [-0.3, -0.25) is 0 Å². The minimum Gasteiger partial charge on any atom is -0.326 e. The molecule has 0 atom stereocenters. The third-order valence-electron chi connectivity index (χ3n) is 4.28. The van der Waals surface area contributed by atoms with Crippen molar-refractivity contribution in [1.82, 2.24) is 4.72 Å². The number of hydrogen-bond acceptors (Lipinski definition) is 3. The maximum atomic E-state index is 12.3. The first kappa shape index (κ1) is 15.8. The van der Waals surface area contributed by atoms with Gasteiger partial charge >= 0.3 is 0 Å². The zero-order chi connectivity index (χ0) is 15.0. The molecule has 1 aliphatic carbocycles. The summed E-state index contributed by atoms with van der Waals surface area (Å²) in [5.74, 6) is 0.482. The molecule has 1 fully saturated rings. The molecular formula is C14H21ClN2O2S. The minimum absolute atomic E-state index is 0.135. The summed E-state index contributed by atoms with van der Waals surface area (Å²) < 4.78 is 27.3. The number of rotatable bonds is 6. The maximum absolute atomic E-state index is 12.3. The highest BCUT2D eigenvalue weighted by Gasteiger charge is 2.45. The van der Waals surface area contributed by atoms with Gasteiger partial charge in [0.2, 0.25) is 10.0 Å². The molecule has 0 bridgehead atoms. The zero-order valence-electron chi connectivity index (χ0n) is 11.8. The molecule has 0 aromatic heterocycles. The van der Waals surface area contributed by atoms with E-state index in [4.69, 9.17) is 17.3 Å². The van der Waals surface area contributed by atoms with Crippen molar-refractivity contribution in [3.63, 3.8) is 0 Å². The SMILES string of the molecule is CC(C)C1(CNS(=O)(=O)c2ccc(Cl)c(CN)c2)CC1. The van der Waals surface area contributed by atoms with Crippen LogP contribution in [0.15, 0.2) is 23.1 Å². The van der Waals surface area contributed by atoms with Crippen LogP contribution in [0.25, 0.3) is 0 Å². The molecule has 0 spiro atoms. The highest BCUT2D eigenvalue weighted by atomic mass is 35.5. The summed E-state index contributed by atoms with van der Waals surface area (Å²) in [6, 6.07) is 4.63. The quantitative estimate of drug-likeness (QED) is 0.847. The summed E-state index contributed by atoms with van der Waals surface area (Å²) in [6.45, 7) is 4.98. The molecule has 2 rings (SSSR count). The summed E-state index contributed by atoms with van der Waals surface area (Å²) in [6.07, 6.45) is 2.17. The summed E-state index contributed by atoms with van der Waals surface area (Å²) in [7, 11) is -3.50. The second-order valence-corrected chi connectivity index (χ2v) is 7.97. The third kappa shape index (κ3) is 3.17. The molecule has 1 aromatic carbocycles. The Kier molecular flexibility index (Phi) is 4.44. The summed E-state index contributed by atoms with van der Waals surface area (Å²) in [5.41, 5.74) is 6.33. The average molecular weight is 317 g/mol. The molecule has 0 aliphatic heterocycles. The van der Waals surface area contributed by atoms with Crippen molar-refractivity contribution in [3.05, 3.63) is 28.8 Å². The van der Waals surface area contributed by atoms with Crippen molar-refractivity contribution in [2.45, 2.75) is 38.1 Å². The molecule has 3 N–H and O–H groups in total. The highest BCUT2D eigenvalue weighted by Crippen LogP contribution is 2.51. The molecule has 6 heteroatoms. The summed E-state index contributed by atoms with van der Waals surface area (Å²) in [5, 5.41) is 0.493. The molecule has 0 unspecified atom stereocenters. The Morgan fingerprint density at radius 2 is 2.05 bits per heavy atom. The standard InChI is InChI=1S/C14H21ClN2O2S/c1-10(2)14(5-6-14)9-17-20(18,19)12-3-4-13(15)11(7-12)8-16/h3-4,7,10,17H,5-6,8-9,16H2,1-2H3. The van der Waals surface area contributed by atoms with E-state index in [1.54, 1.807) is 12.1 Å². The van der Waals surface area contributed by atoms with Gasteiger partial charge in [-0.05, 0) is 47.9 Å². The van der Waals surface area contributed by atoms with Crippen molar-refractivity contribution in [2.24, 2.45) is 17.1 Å². The van der Waals surface area contributed by atoms with E-state index in [-0.39, 0.29) is 16.9 Å². The number of halogens is 1. The van der Waals surface area contributed by atoms with Crippen molar-refractivity contribution >= 4 is 21.6 Å². The van der Waals surface area contributed by atoms with Crippen LogP contribution in [0.3, 0.4) is 0 Å². The first-order valence-corrected chi connectivity index (χ1v) is 8.65. The topological polar surface area (TPSA) is 72.2 Å². The number of nitrogens with one attached hydrogen (secondary N) is 1. The monoisotopic (exact) mass is 316 g/mol. The van der Waals surface area contributed by atoms with E-state index >= 15 is 0 Å². The molecule has 0 saturated heterocycles. The van der Waals surface area contributed by atoms with Gasteiger partial charge in [0.25, 0.3) is 0 Å². The number of hydrogen-bond donors (Lipinski definition) is 2. The smallest absolute Gasteiger partial charge is 0.240 e. The van der Waals surface area contributed by atoms with Gasteiger partial charge in [-0.15, -0.1) is 0 Å². The van der Waals surface area contributed by atoms with E-state index in [0.29, 0.717) is 23.0 Å². The Morgan fingerprint density at radius 1 is 1.40 bits per heavy atom. The lowest BCUT2D eigenvalue weighted by molar-refractivity contribution is 0.357. The van der Waals surface area contributed by atoms with Crippen molar-refractivity contribution in [3.8, 4) is 0 Å². The molecule has 20 heavy (non-hydrogen) atoms. The molecule has 0 amide bonds. The van der Waals surface area contributed by atoms with Gasteiger partial charge in [0.05, 0.1) is 4.90 Å². The number of benzene rings is 1. The third-order valence-corrected chi connectivity index (χ3v) is 6.05. The van der Waals surface area contributed by atoms with Gasteiger partial charge in [0.1, 0.15) is 0 Å². The van der Waals surface area contributed by atoms with Gasteiger partial charge in [-0.2, -0.15) is 0 Å². The van der Waals surface area contributed by atoms with Crippen molar-refractivity contribution in [1.29, 1.82) is 0 Å². The van der Waals surface area contributed by atoms with Gasteiger partial charge in [0, 0.05) is 18.1 Å². The Morgan fingerprint density at radius 3 is 2.55 bits per heavy atom. The fourth-order valence-corrected chi connectivity index (χ4v) is 3.70. The normalized spacial score (nSPS) is 17.4. The first-order valence-electron chi connectivity index (χ1n) is 6.79. The van der Waals surface area contributed by atoms with Gasteiger partial charge in [0.15, 0.2) is 0 Å². The molecular weight excluding hydrogens is 296 g/mol. The second-order valence-electron chi connectivity index (χ2n) is 5.80. The van der Waals surface area contributed by atoms with Crippen LogP contribution in [0, 0.1) is 11.3 Å². The predicted octanol–water partition coefficient (Wildman–Crippen LogP) is 2.51. The lowest BCUT2D eigenvalue weighted by atomic mass is 9.93. The summed E-state index contributed by atoms with van der Waals surface area (Å²) >= 11 is 5.95. The van der Waals surface area contributed by atoms with Crippen LogP contribution >= 0.6 is 11.6 Å². The fourth-order valence-electron chi connectivity index (χ4n) is 2.32. The Balaban J connectivity index is 2.15. The zero-order valence-corrected chi connectivity index (χ0v) is 13.4. The Labute approximate surface area is 125 Å². The van der Waals surface area contributed by atoms with Crippen molar-refractivity contribution in [2.75, 3.05) is 6.54 Å². The van der Waals surface area contributed by atoms with Gasteiger partial charge in [-0.25, -0.2) is 13.1 Å². The van der Waals surface area contributed by atoms with E-state index in [1.807, 2.05) is 0 Å². The van der Waals surface area contributed by atoms with Crippen molar-refractivity contribution < 1.29 is 8.42 Å². The molecule has 112 valence electrons. The molecule has 1 aromatic rings. The Hall–Kier alpha value is -0.620. The minimum atomic E-state index is -3.50. The highest BCUT2D eigenvalue weighted by molar-refractivity contribution is 7.89. The van der Waals surface area contributed by atoms with Gasteiger partial charge in [-0.1, -0.05) is 25.4 Å². The van der Waals surface area contributed by atoms with E-state index in [9.17, 15) is 8.42 Å². The number of sulfonamides is 1. The molecule has 4 nitrogen and oxygen atoms in total. The van der Waals surface area contributed by atoms with Crippen LogP contribution in [-0.2, 0) is 16.6 Å². The molecule has 1 aliphatic rings. The fraction of sp³-hybridized carbons (Fsp3) is 0.571. The predicted molar refractivity (Wildman–Crippen MR) is 81.0 cm³/mol. The lowest BCUT2D eigenvalue weighted by Gasteiger charge is -2.20. The lowest BCUT2D eigenvalue weighted by Crippen LogP contribution is -2.32. The Bertz CT molecular complexity index is 595. The van der Waals surface area contributed by atoms with Crippen LogP contribution in [-0.4, -0.2) is 15.0 Å². The molecule has 1 saturated carbocycles. The van der Waals surface area contributed by atoms with Crippen LogP contribution < -0.4 is 10.5 Å². The van der Waals surface area contributed by atoms with Gasteiger partial charge < -0.3 is 5.73 Å². The maximum Gasteiger partial charge on any atom is 0.240 e. The van der Waals surface area contributed by atoms with E-state index < -0.39 is 10.0 Å².